The Morgan fingerprint density at radius 3 is 2.24 bits per heavy atom. The number of benzene rings is 2. The number of ether oxygens (including phenoxy) is 1. The number of halogens is 6. The number of hydrogen-bond donors (Lipinski definition) is 3. The first-order valence-corrected chi connectivity index (χ1v) is 13.0. The Labute approximate surface area is 249 Å². The molecular formula is C29H21F6N7O3. The van der Waals surface area contributed by atoms with E-state index in [1.165, 1.54) is 40.9 Å². The van der Waals surface area contributed by atoms with Crippen molar-refractivity contribution in [2.45, 2.75) is 19.3 Å². The number of fused-ring (bicyclic) bond motifs is 1. The molecule has 5 rings (SSSR count). The minimum absolute atomic E-state index is 0.00499. The van der Waals surface area contributed by atoms with Crippen LogP contribution in [0, 0.1) is 0 Å². The van der Waals surface area contributed by atoms with Crippen LogP contribution in [0.4, 0.5) is 48.5 Å². The summed E-state index contributed by atoms with van der Waals surface area (Å²) in [7, 11) is 0. The topological polar surface area (TPSA) is 137 Å². The van der Waals surface area contributed by atoms with Crippen LogP contribution in [-0.2, 0) is 17.1 Å². The molecule has 2 aromatic carbocycles. The van der Waals surface area contributed by atoms with E-state index in [2.05, 4.69) is 25.7 Å². The highest BCUT2D eigenvalue weighted by Crippen LogP contribution is 2.42. The van der Waals surface area contributed by atoms with Crippen molar-refractivity contribution < 1.29 is 40.7 Å². The van der Waals surface area contributed by atoms with Gasteiger partial charge in [0.25, 0.3) is 0 Å². The van der Waals surface area contributed by atoms with Crippen molar-refractivity contribution in [2.24, 2.45) is 0 Å². The summed E-state index contributed by atoms with van der Waals surface area (Å²) in [5, 5.41) is 8.85. The highest BCUT2D eigenvalue weighted by atomic mass is 19.4. The minimum atomic E-state index is -4.67. The summed E-state index contributed by atoms with van der Waals surface area (Å²) in [6.45, 7) is 1.51. The van der Waals surface area contributed by atoms with Gasteiger partial charge in [-0.2, -0.15) is 31.4 Å². The number of pyridine rings is 1. The number of alkyl halides is 6. The van der Waals surface area contributed by atoms with Crippen LogP contribution in [-0.4, -0.2) is 38.2 Å². The number of carbonyl (C=O) groups is 2. The fraction of sp³-hybridized carbons (Fsp3) is 0.138. The second kappa shape index (κ2) is 11.8. The molecule has 4 N–H and O–H groups in total. The Kier molecular flexibility index (Phi) is 8.06. The molecule has 16 heteroatoms. The van der Waals surface area contributed by atoms with Gasteiger partial charge in [0.2, 0.25) is 0 Å². The van der Waals surface area contributed by atoms with Crippen LogP contribution in [0.1, 0.15) is 28.4 Å². The molecule has 0 radical (unpaired) electrons. The lowest BCUT2D eigenvalue weighted by atomic mass is 9.97. The average molecular weight is 630 g/mol. The molecule has 2 amide bonds. The molecule has 0 bridgehead atoms. The number of rotatable bonds is 6. The zero-order valence-corrected chi connectivity index (χ0v) is 23.0. The third-order valence-electron chi connectivity index (χ3n) is 6.46. The van der Waals surface area contributed by atoms with Gasteiger partial charge in [-0.25, -0.2) is 24.1 Å². The molecule has 0 atom stereocenters. The van der Waals surface area contributed by atoms with Gasteiger partial charge in [0.05, 0.1) is 29.0 Å². The highest BCUT2D eigenvalue weighted by Gasteiger charge is 2.34. The first-order valence-electron chi connectivity index (χ1n) is 13.0. The van der Waals surface area contributed by atoms with Crippen LogP contribution in [0.25, 0.3) is 27.9 Å². The standard InChI is InChI=1S/C29H21F6N7O3/c1-2-45-26(43)22-21(24-25(36)38-14-39-42(24)23(22)16-4-3-5-17(12-16)28(30,31)32)15-6-8-19(9-7-15)40-27(44)41-20-13-18(10-11-37-20)29(33,34)35/h3-14H,2H2,1H3,(H2,36,38,39)(H2,37,40,41,44). The van der Waals surface area contributed by atoms with Crippen LogP contribution in [0.2, 0.25) is 0 Å². The average Bonchev–Trinajstić information content (AvgIpc) is 3.34. The number of nitrogen functional groups attached to an aromatic ring is 1. The Balaban J connectivity index is 1.56. The maximum absolute atomic E-state index is 13.6. The SMILES string of the molecule is CCOC(=O)c1c(-c2ccc(NC(=O)Nc3cc(C(F)(F)F)ccn3)cc2)c2c(N)ncnn2c1-c1cccc(C(F)(F)F)c1. The van der Waals surface area contributed by atoms with Crippen molar-refractivity contribution in [3.05, 3.63) is 89.9 Å². The molecule has 3 aromatic heterocycles. The van der Waals surface area contributed by atoms with Crippen molar-refractivity contribution in [1.82, 2.24) is 19.6 Å². The van der Waals surface area contributed by atoms with Gasteiger partial charge in [-0.05, 0) is 48.9 Å². The number of nitrogens with zero attached hydrogens (tertiary/aromatic N) is 4. The normalized spacial score (nSPS) is 11.8. The fourth-order valence-electron chi connectivity index (χ4n) is 4.58. The van der Waals surface area contributed by atoms with E-state index in [9.17, 15) is 35.9 Å². The summed E-state index contributed by atoms with van der Waals surface area (Å²) in [5.41, 5.74) is 4.90. The third kappa shape index (κ3) is 6.34. The molecule has 232 valence electrons. The molecule has 0 saturated heterocycles. The predicted molar refractivity (Wildman–Crippen MR) is 151 cm³/mol. The summed E-state index contributed by atoms with van der Waals surface area (Å²) in [4.78, 5) is 33.6. The summed E-state index contributed by atoms with van der Waals surface area (Å²) < 4.78 is 86.3. The van der Waals surface area contributed by atoms with Gasteiger partial charge >= 0.3 is 24.4 Å². The van der Waals surface area contributed by atoms with Crippen LogP contribution in [0.15, 0.2) is 73.2 Å². The van der Waals surface area contributed by atoms with E-state index in [0.717, 1.165) is 30.7 Å². The lowest BCUT2D eigenvalue weighted by Crippen LogP contribution is -2.20. The molecule has 45 heavy (non-hydrogen) atoms. The number of nitrogens with one attached hydrogen (secondary N) is 2. The van der Waals surface area contributed by atoms with Gasteiger partial charge in [-0.3, -0.25) is 5.32 Å². The Morgan fingerprint density at radius 2 is 1.58 bits per heavy atom. The summed E-state index contributed by atoms with van der Waals surface area (Å²) in [6.07, 6.45) is -7.31. The molecule has 0 aliphatic carbocycles. The number of aromatic nitrogens is 4. The monoisotopic (exact) mass is 629 g/mol. The van der Waals surface area contributed by atoms with Gasteiger partial charge in [-0.15, -0.1) is 0 Å². The first kappa shape index (κ1) is 30.8. The van der Waals surface area contributed by atoms with Gasteiger partial charge in [-0.1, -0.05) is 24.3 Å². The number of esters is 1. The zero-order valence-electron chi connectivity index (χ0n) is 23.0. The first-order chi connectivity index (χ1) is 21.3. The van der Waals surface area contributed by atoms with Gasteiger partial charge in [0, 0.05) is 23.0 Å². The van der Waals surface area contributed by atoms with E-state index in [1.54, 1.807) is 6.92 Å². The summed E-state index contributed by atoms with van der Waals surface area (Å²) in [5.74, 6) is -1.28. The largest absolute Gasteiger partial charge is 0.462 e. The number of hydrogen-bond acceptors (Lipinski definition) is 7. The van der Waals surface area contributed by atoms with Crippen molar-refractivity contribution in [3.63, 3.8) is 0 Å². The highest BCUT2D eigenvalue weighted by molar-refractivity contribution is 6.10. The number of urea groups is 1. The molecule has 0 aliphatic heterocycles. The van der Waals surface area contributed by atoms with Crippen molar-refractivity contribution in [3.8, 4) is 22.4 Å². The smallest absolute Gasteiger partial charge is 0.416 e. The van der Waals surface area contributed by atoms with Crippen molar-refractivity contribution >= 4 is 34.8 Å². The van der Waals surface area contributed by atoms with Crippen LogP contribution in [0.5, 0.6) is 0 Å². The lowest BCUT2D eigenvalue weighted by molar-refractivity contribution is -0.138. The molecule has 10 nitrogen and oxygen atoms in total. The quantitative estimate of drug-likeness (QED) is 0.137. The van der Waals surface area contributed by atoms with E-state index < -0.39 is 35.5 Å². The van der Waals surface area contributed by atoms with Gasteiger partial charge < -0.3 is 15.8 Å². The molecule has 0 unspecified atom stereocenters. The fourth-order valence-corrected chi connectivity index (χ4v) is 4.58. The van der Waals surface area contributed by atoms with E-state index in [-0.39, 0.29) is 51.8 Å². The molecular weight excluding hydrogens is 608 g/mol. The van der Waals surface area contributed by atoms with E-state index in [4.69, 9.17) is 10.5 Å². The second-order valence-electron chi connectivity index (χ2n) is 9.39. The maximum Gasteiger partial charge on any atom is 0.416 e. The molecule has 0 saturated carbocycles. The third-order valence-corrected chi connectivity index (χ3v) is 6.46. The summed E-state index contributed by atoms with van der Waals surface area (Å²) >= 11 is 0. The molecule has 5 aromatic rings. The van der Waals surface area contributed by atoms with Crippen LogP contribution in [0.3, 0.4) is 0 Å². The van der Waals surface area contributed by atoms with E-state index in [0.29, 0.717) is 11.6 Å². The second-order valence-corrected chi connectivity index (χ2v) is 9.39. The number of anilines is 3. The zero-order chi connectivity index (χ0) is 32.5. The summed E-state index contributed by atoms with van der Waals surface area (Å²) in [6, 6.07) is 10.7. The maximum atomic E-state index is 13.6. The van der Waals surface area contributed by atoms with Crippen molar-refractivity contribution in [2.75, 3.05) is 23.0 Å². The molecule has 0 fully saturated rings. The van der Waals surface area contributed by atoms with Gasteiger partial charge in [0.1, 0.15) is 17.7 Å². The van der Waals surface area contributed by atoms with Crippen LogP contribution < -0.4 is 16.4 Å². The van der Waals surface area contributed by atoms with E-state index >= 15 is 0 Å². The molecule has 0 aliphatic rings. The Bertz CT molecular complexity index is 1900. The molecule has 0 spiro atoms. The van der Waals surface area contributed by atoms with Gasteiger partial charge in [0.15, 0.2) is 5.82 Å². The van der Waals surface area contributed by atoms with Crippen molar-refractivity contribution in [1.29, 1.82) is 0 Å². The molecule has 3 heterocycles. The number of nitrogens with two attached hydrogens (primary N) is 1. The van der Waals surface area contributed by atoms with Crippen LogP contribution >= 0.6 is 0 Å². The minimum Gasteiger partial charge on any atom is -0.462 e. The lowest BCUT2D eigenvalue weighted by Gasteiger charge is -2.11. The Morgan fingerprint density at radius 1 is 0.889 bits per heavy atom. The number of carbonyl (C=O) groups excluding carboxylic acids is 2. The van der Waals surface area contributed by atoms with E-state index in [1.807, 2.05) is 0 Å². The number of amides is 2. The Hall–Kier alpha value is -5.67. The predicted octanol–water partition coefficient (Wildman–Crippen LogP) is 6.90.